The number of carbonyl (C=O) groups is 2. The number of ether oxygens (including phenoxy) is 1. The van der Waals surface area contributed by atoms with Crippen molar-refractivity contribution in [1.29, 1.82) is 0 Å². The van der Waals surface area contributed by atoms with Crippen LogP contribution < -0.4 is 5.56 Å². The second kappa shape index (κ2) is 7.51. The highest BCUT2D eigenvalue weighted by Crippen LogP contribution is 2.19. The molecule has 1 atom stereocenters. The minimum atomic E-state index is -3.13. The molecule has 1 amide bonds. The summed E-state index contributed by atoms with van der Waals surface area (Å²) in [5, 5.41) is 0.517. The van der Waals surface area contributed by atoms with Gasteiger partial charge in [0.15, 0.2) is 16.4 Å². The van der Waals surface area contributed by atoms with Crippen molar-refractivity contribution in [3.8, 4) is 0 Å². The van der Waals surface area contributed by atoms with Crippen molar-refractivity contribution in [1.82, 2.24) is 9.88 Å². The van der Waals surface area contributed by atoms with Crippen LogP contribution in [0.15, 0.2) is 35.1 Å². The lowest BCUT2D eigenvalue weighted by atomic mass is 10.1. The van der Waals surface area contributed by atoms with E-state index in [-0.39, 0.29) is 17.1 Å². The van der Waals surface area contributed by atoms with E-state index in [2.05, 4.69) is 4.98 Å². The Kier molecular flexibility index (Phi) is 5.31. The molecular formula is C18H20N2O6S. The lowest BCUT2D eigenvalue weighted by Gasteiger charge is -2.26. The van der Waals surface area contributed by atoms with Gasteiger partial charge in [0, 0.05) is 29.6 Å². The molecule has 9 heteroatoms. The van der Waals surface area contributed by atoms with Gasteiger partial charge in [-0.1, -0.05) is 18.2 Å². The van der Waals surface area contributed by atoms with Gasteiger partial charge in [-0.15, -0.1) is 0 Å². The Hall–Kier alpha value is -2.68. The van der Waals surface area contributed by atoms with Crippen LogP contribution in [-0.2, 0) is 19.4 Å². The molecule has 1 aliphatic heterocycles. The van der Waals surface area contributed by atoms with Gasteiger partial charge in [0.25, 0.3) is 5.91 Å². The third kappa shape index (κ3) is 4.19. The number of amides is 1. The first-order chi connectivity index (χ1) is 12.8. The van der Waals surface area contributed by atoms with Gasteiger partial charge in [-0.25, -0.2) is 13.2 Å². The standard InChI is InChI=1S/C18H20N2O6S/c1-2-20(12-7-8-27(24,25)11-12)17(22)10-26-18(23)14-9-16(21)19-15-6-4-3-5-13(14)15/h3-6,9,12H,2,7-8,10-11H2,1H3,(H,19,21). The van der Waals surface area contributed by atoms with Crippen LogP contribution in [0, 0.1) is 0 Å². The van der Waals surface area contributed by atoms with Crippen LogP contribution in [0.4, 0.5) is 0 Å². The number of hydrogen-bond donors (Lipinski definition) is 1. The third-order valence-corrected chi connectivity index (χ3v) is 6.36. The first-order valence-electron chi connectivity index (χ1n) is 8.60. The molecule has 3 rings (SSSR count). The highest BCUT2D eigenvalue weighted by Gasteiger charge is 2.34. The minimum absolute atomic E-state index is 0.0556. The number of hydrogen-bond acceptors (Lipinski definition) is 6. The molecule has 1 saturated heterocycles. The fraction of sp³-hybridized carbons (Fsp3) is 0.389. The van der Waals surface area contributed by atoms with Crippen molar-refractivity contribution in [2.75, 3.05) is 24.7 Å². The number of H-pyrrole nitrogens is 1. The first kappa shape index (κ1) is 19.1. The molecule has 144 valence electrons. The number of esters is 1. The first-order valence-corrected chi connectivity index (χ1v) is 10.4. The highest BCUT2D eigenvalue weighted by molar-refractivity contribution is 7.91. The van der Waals surface area contributed by atoms with E-state index >= 15 is 0 Å². The number of aromatic nitrogens is 1. The van der Waals surface area contributed by atoms with Gasteiger partial charge < -0.3 is 14.6 Å². The molecular weight excluding hydrogens is 372 g/mol. The summed E-state index contributed by atoms with van der Waals surface area (Å²) in [4.78, 5) is 40.6. The smallest absolute Gasteiger partial charge is 0.339 e. The minimum Gasteiger partial charge on any atom is -0.452 e. The maximum absolute atomic E-state index is 12.4. The molecule has 1 aliphatic rings. The summed E-state index contributed by atoms with van der Waals surface area (Å²) in [6.45, 7) is 1.56. The molecule has 0 bridgehead atoms. The van der Waals surface area contributed by atoms with E-state index in [1.165, 1.54) is 4.90 Å². The summed E-state index contributed by atoms with van der Waals surface area (Å²) in [7, 11) is -3.13. The van der Waals surface area contributed by atoms with Crippen LogP contribution in [0.2, 0.25) is 0 Å². The Labute approximate surface area is 156 Å². The summed E-state index contributed by atoms with van der Waals surface area (Å²) in [6.07, 6.45) is 0.383. The molecule has 1 aromatic heterocycles. The monoisotopic (exact) mass is 392 g/mol. The van der Waals surface area contributed by atoms with Crippen LogP contribution in [-0.4, -0.2) is 60.9 Å². The highest BCUT2D eigenvalue weighted by atomic mass is 32.2. The molecule has 0 saturated carbocycles. The number of aromatic amines is 1. The number of rotatable bonds is 5. The van der Waals surface area contributed by atoms with Crippen LogP contribution in [0.5, 0.6) is 0 Å². The number of nitrogens with one attached hydrogen (secondary N) is 1. The molecule has 2 heterocycles. The SMILES string of the molecule is CCN(C(=O)COC(=O)c1cc(=O)[nH]c2ccccc12)C1CCS(=O)(=O)C1. The average Bonchev–Trinajstić information content (AvgIpc) is 2.99. The van der Waals surface area contributed by atoms with Crippen LogP contribution in [0.3, 0.4) is 0 Å². The second-order valence-electron chi connectivity index (χ2n) is 6.41. The zero-order valence-corrected chi connectivity index (χ0v) is 15.6. The largest absolute Gasteiger partial charge is 0.452 e. The van der Waals surface area contributed by atoms with Crippen LogP contribution >= 0.6 is 0 Å². The Morgan fingerprint density at radius 1 is 1.30 bits per heavy atom. The summed E-state index contributed by atoms with van der Waals surface area (Å²) in [5.41, 5.74) is 0.126. The molecule has 8 nitrogen and oxygen atoms in total. The summed E-state index contributed by atoms with van der Waals surface area (Å²) in [6, 6.07) is 7.53. The van der Waals surface area contributed by atoms with Crippen molar-refractivity contribution in [2.24, 2.45) is 0 Å². The van der Waals surface area contributed by atoms with Crippen molar-refractivity contribution in [3.05, 3.63) is 46.2 Å². The normalized spacial score (nSPS) is 18.3. The van der Waals surface area contributed by atoms with Gasteiger partial charge >= 0.3 is 5.97 Å². The van der Waals surface area contributed by atoms with E-state index in [0.29, 0.717) is 23.9 Å². The van der Waals surface area contributed by atoms with E-state index in [9.17, 15) is 22.8 Å². The summed E-state index contributed by atoms with van der Waals surface area (Å²) < 4.78 is 28.4. The van der Waals surface area contributed by atoms with Gasteiger partial charge in [-0.3, -0.25) is 9.59 Å². The van der Waals surface area contributed by atoms with E-state index in [1.54, 1.807) is 31.2 Å². The molecule has 1 fully saturated rings. The summed E-state index contributed by atoms with van der Waals surface area (Å²) in [5.74, 6) is -1.25. The maximum Gasteiger partial charge on any atom is 0.339 e. The predicted molar refractivity (Wildman–Crippen MR) is 99.3 cm³/mol. The lowest BCUT2D eigenvalue weighted by molar-refractivity contribution is -0.136. The van der Waals surface area contributed by atoms with Gasteiger partial charge in [0.1, 0.15) is 0 Å². The number of sulfone groups is 1. The number of fused-ring (bicyclic) bond motifs is 1. The maximum atomic E-state index is 12.4. The topological polar surface area (TPSA) is 114 Å². The quantitative estimate of drug-likeness (QED) is 0.750. The molecule has 1 aromatic carbocycles. The summed E-state index contributed by atoms with van der Waals surface area (Å²) >= 11 is 0. The third-order valence-electron chi connectivity index (χ3n) is 4.61. The number of carbonyl (C=O) groups excluding carboxylic acids is 2. The molecule has 0 aliphatic carbocycles. The molecule has 1 N–H and O–H groups in total. The molecule has 27 heavy (non-hydrogen) atoms. The van der Waals surface area contributed by atoms with E-state index in [0.717, 1.165) is 6.07 Å². The second-order valence-corrected chi connectivity index (χ2v) is 8.63. The molecule has 0 spiro atoms. The van der Waals surface area contributed by atoms with Crippen molar-refractivity contribution >= 4 is 32.6 Å². The number of benzene rings is 1. The zero-order valence-electron chi connectivity index (χ0n) is 14.8. The number of nitrogens with zero attached hydrogens (tertiary/aromatic N) is 1. The fourth-order valence-electron chi connectivity index (χ4n) is 3.32. The van der Waals surface area contributed by atoms with Crippen molar-refractivity contribution in [3.63, 3.8) is 0 Å². The van der Waals surface area contributed by atoms with Crippen LogP contribution in [0.1, 0.15) is 23.7 Å². The van der Waals surface area contributed by atoms with Gasteiger partial charge in [-0.05, 0) is 19.4 Å². The van der Waals surface area contributed by atoms with Crippen molar-refractivity contribution in [2.45, 2.75) is 19.4 Å². The van der Waals surface area contributed by atoms with E-state index < -0.39 is 39.9 Å². The Morgan fingerprint density at radius 3 is 2.70 bits per heavy atom. The van der Waals surface area contributed by atoms with E-state index in [4.69, 9.17) is 4.74 Å². The molecule has 1 unspecified atom stereocenters. The van der Waals surface area contributed by atoms with Crippen LogP contribution in [0.25, 0.3) is 10.9 Å². The molecule has 0 radical (unpaired) electrons. The molecule has 2 aromatic rings. The number of para-hydroxylation sites is 1. The Bertz CT molecular complexity index is 1040. The lowest BCUT2D eigenvalue weighted by Crippen LogP contribution is -2.43. The van der Waals surface area contributed by atoms with Crippen molar-refractivity contribution < 1.29 is 22.7 Å². The van der Waals surface area contributed by atoms with Gasteiger partial charge in [-0.2, -0.15) is 0 Å². The number of likely N-dealkylation sites (N-methyl/N-ethyl adjacent to an activating group) is 1. The Morgan fingerprint density at radius 2 is 2.04 bits per heavy atom. The fourth-order valence-corrected chi connectivity index (χ4v) is 5.05. The van der Waals surface area contributed by atoms with Gasteiger partial charge in [0.2, 0.25) is 5.56 Å². The zero-order chi connectivity index (χ0) is 19.6. The number of pyridine rings is 1. The Balaban J connectivity index is 1.72. The average molecular weight is 392 g/mol. The predicted octanol–water partition coefficient (Wildman–Crippen LogP) is 0.720. The van der Waals surface area contributed by atoms with Gasteiger partial charge in [0.05, 0.1) is 17.1 Å². The van der Waals surface area contributed by atoms with E-state index in [1.807, 2.05) is 0 Å².